The molecule has 13 nitrogen and oxygen atoms in total. The van der Waals surface area contributed by atoms with E-state index in [0.717, 1.165) is 0 Å². The van der Waals surface area contributed by atoms with Crippen molar-refractivity contribution in [2.75, 3.05) is 18.6 Å². The van der Waals surface area contributed by atoms with Crippen molar-refractivity contribution < 1.29 is 37.8 Å². The Morgan fingerprint density at radius 3 is 2.66 bits per heavy atom. The number of phosphoric acid groups is 2. The lowest BCUT2D eigenvalue weighted by atomic mass is 10.0. The quantitative estimate of drug-likeness (QED) is 0.216. The number of hydrogen-bond donors (Lipinski definition) is 5. The number of phosphoric ester groups is 2. The van der Waals surface area contributed by atoms with Crippen LogP contribution in [0.25, 0.3) is 11.2 Å². The molecule has 2 aliphatic carbocycles. The second-order valence-electron chi connectivity index (χ2n) is 7.12. The van der Waals surface area contributed by atoms with Crippen LogP contribution in [0.2, 0.25) is 0 Å². The Balaban J connectivity index is 1.70. The van der Waals surface area contributed by atoms with Gasteiger partial charge in [0.25, 0.3) is 0 Å². The Kier molecular flexibility index (Phi) is 5.09. The summed E-state index contributed by atoms with van der Waals surface area (Å²) >= 11 is 1.30. The molecule has 4 atom stereocenters. The van der Waals surface area contributed by atoms with Gasteiger partial charge in [-0.3, -0.25) is 9.05 Å². The molecule has 29 heavy (non-hydrogen) atoms. The summed E-state index contributed by atoms with van der Waals surface area (Å²) in [6.45, 7) is -0.386. The minimum Gasteiger partial charge on any atom is -0.382 e. The highest BCUT2D eigenvalue weighted by atomic mass is 32.2. The van der Waals surface area contributed by atoms with Crippen LogP contribution in [-0.4, -0.2) is 58.1 Å². The Bertz CT molecular complexity index is 1060. The van der Waals surface area contributed by atoms with Crippen molar-refractivity contribution in [2.24, 2.45) is 11.3 Å². The van der Waals surface area contributed by atoms with E-state index in [0.29, 0.717) is 22.7 Å². The molecule has 0 aromatic carbocycles. The van der Waals surface area contributed by atoms with Gasteiger partial charge in [-0.2, -0.15) is 0 Å². The van der Waals surface area contributed by atoms with E-state index in [1.54, 1.807) is 10.8 Å². The Labute approximate surface area is 168 Å². The molecule has 0 spiro atoms. The second-order valence-corrected chi connectivity index (χ2v) is 10.3. The first kappa shape index (κ1) is 21.2. The third kappa shape index (κ3) is 3.97. The van der Waals surface area contributed by atoms with E-state index in [1.807, 2.05) is 0 Å². The molecule has 2 aromatic rings. The molecule has 2 fully saturated rings. The molecule has 0 unspecified atom stereocenters. The van der Waals surface area contributed by atoms with Gasteiger partial charge in [0.2, 0.25) is 0 Å². The Hall–Kier alpha value is -1.08. The number of aromatic nitrogens is 4. The molecule has 6 N–H and O–H groups in total. The molecule has 4 rings (SSSR count). The molecule has 0 radical (unpaired) electrons. The lowest BCUT2D eigenvalue weighted by Crippen LogP contribution is -2.26. The fourth-order valence-corrected chi connectivity index (χ4v) is 5.60. The van der Waals surface area contributed by atoms with Crippen LogP contribution < -0.4 is 5.73 Å². The largest absolute Gasteiger partial charge is 0.469 e. The molecule has 0 bridgehead atoms. The van der Waals surface area contributed by atoms with E-state index in [1.165, 1.54) is 18.1 Å². The zero-order valence-corrected chi connectivity index (χ0v) is 17.6. The van der Waals surface area contributed by atoms with Crippen LogP contribution in [0.15, 0.2) is 11.5 Å². The van der Waals surface area contributed by atoms with Gasteiger partial charge in [-0.05, 0) is 25.0 Å². The van der Waals surface area contributed by atoms with Gasteiger partial charge in [0.1, 0.15) is 5.52 Å². The molecule has 0 aliphatic heterocycles. The summed E-state index contributed by atoms with van der Waals surface area (Å²) in [6.07, 6.45) is 2.97. The van der Waals surface area contributed by atoms with Crippen molar-refractivity contribution in [3.8, 4) is 0 Å². The van der Waals surface area contributed by atoms with Crippen molar-refractivity contribution in [3.05, 3.63) is 6.33 Å². The van der Waals surface area contributed by atoms with Crippen LogP contribution in [0.5, 0.6) is 0 Å². The maximum Gasteiger partial charge on any atom is 0.469 e. The number of anilines is 1. The van der Waals surface area contributed by atoms with Gasteiger partial charge in [0.15, 0.2) is 16.6 Å². The van der Waals surface area contributed by atoms with E-state index in [-0.39, 0.29) is 30.8 Å². The van der Waals surface area contributed by atoms with Gasteiger partial charge in [-0.25, -0.2) is 24.1 Å². The highest BCUT2D eigenvalue weighted by Gasteiger charge is 2.70. The number of imidazole rings is 1. The molecule has 2 aliphatic rings. The van der Waals surface area contributed by atoms with Gasteiger partial charge in [-0.1, -0.05) is 11.8 Å². The zero-order chi connectivity index (χ0) is 21.2. The molecule has 0 amide bonds. The average molecular weight is 467 g/mol. The van der Waals surface area contributed by atoms with E-state index >= 15 is 0 Å². The lowest BCUT2D eigenvalue weighted by Gasteiger charge is -2.24. The first-order chi connectivity index (χ1) is 13.4. The number of thioether (sulfide) groups is 1. The third-order valence-electron chi connectivity index (χ3n) is 5.47. The first-order valence-electron chi connectivity index (χ1n) is 8.41. The highest BCUT2D eigenvalue weighted by molar-refractivity contribution is 7.98. The van der Waals surface area contributed by atoms with Crippen LogP contribution in [0.4, 0.5) is 5.82 Å². The van der Waals surface area contributed by atoms with Gasteiger partial charge in [0.05, 0.1) is 19.0 Å². The van der Waals surface area contributed by atoms with Gasteiger partial charge in [0, 0.05) is 11.5 Å². The maximum atomic E-state index is 11.4. The first-order valence-corrected chi connectivity index (χ1v) is 12.7. The minimum atomic E-state index is -4.83. The second kappa shape index (κ2) is 6.98. The number of nitrogen functional groups attached to an aromatic ring is 1. The summed E-state index contributed by atoms with van der Waals surface area (Å²) in [7, 11) is -9.58. The minimum absolute atomic E-state index is 0.185. The number of hydrogen-bond acceptors (Lipinski definition) is 9. The normalized spacial score (nSPS) is 29.3. The van der Waals surface area contributed by atoms with Crippen LogP contribution in [0.3, 0.4) is 0 Å². The van der Waals surface area contributed by atoms with Crippen molar-refractivity contribution in [3.63, 3.8) is 0 Å². The summed E-state index contributed by atoms with van der Waals surface area (Å²) in [5, 5.41) is 0.449. The summed E-state index contributed by atoms with van der Waals surface area (Å²) in [4.78, 5) is 49.5. The van der Waals surface area contributed by atoms with E-state index in [2.05, 4.69) is 19.5 Å². The smallest absolute Gasteiger partial charge is 0.382 e. The number of fused-ring (bicyclic) bond motifs is 2. The summed E-state index contributed by atoms with van der Waals surface area (Å²) in [6, 6.07) is -0.319. The fourth-order valence-electron chi connectivity index (χ4n) is 4.19. The molecule has 2 aromatic heterocycles. The van der Waals surface area contributed by atoms with Gasteiger partial charge < -0.3 is 29.9 Å². The zero-order valence-electron chi connectivity index (χ0n) is 15.0. The van der Waals surface area contributed by atoms with Gasteiger partial charge >= 0.3 is 15.6 Å². The summed E-state index contributed by atoms with van der Waals surface area (Å²) in [5.74, 6) is 0.0166. The lowest BCUT2D eigenvalue weighted by molar-refractivity contribution is 0.0499. The van der Waals surface area contributed by atoms with E-state index < -0.39 is 27.2 Å². The molecular weight excluding hydrogens is 448 g/mol. The molecule has 160 valence electrons. The number of nitrogens with two attached hydrogens (primary N) is 1. The van der Waals surface area contributed by atoms with Crippen LogP contribution in [0.1, 0.15) is 18.9 Å². The highest BCUT2D eigenvalue weighted by Crippen LogP contribution is 2.71. The molecule has 2 heterocycles. The van der Waals surface area contributed by atoms with Crippen LogP contribution >= 0.6 is 27.4 Å². The standard InChI is InChI=1S/C13H19N5O8P2S/c1-29-12-16-10(14)9-11(17-12)18(5-15-9)7-2-8(26-28(22,23)24)13(3-6(7)13)4-25-27(19,20)21/h5-8H,2-4H2,1H3,(H2,14,16,17)(H2,19,20,21)(H2,22,23,24)/t6-,7+,8+,13-/m1/s1. The van der Waals surface area contributed by atoms with Gasteiger partial charge in [-0.15, -0.1) is 0 Å². The van der Waals surface area contributed by atoms with Crippen LogP contribution in [-0.2, 0) is 18.2 Å². The molecule has 16 heteroatoms. The van der Waals surface area contributed by atoms with E-state index in [4.69, 9.17) is 20.0 Å². The van der Waals surface area contributed by atoms with Crippen molar-refractivity contribution in [2.45, 2.75) is 30.1 Å². The van der Waals surface area contributed by atoms with Crippen molar-refractivity contribution in [1.82, 2.24) is 19.5 Å². The fraction of sp³-hybridized carbons (Fsp3) is 0.615. The average Bonchev–Trinajstić information content (AvgIpc) is 3.06. The monoisotopic (exact) mass is 467 g/mol. The molecule has 0 saturated heterocycles. The summed E-state index contributed by atoms with van der Waals surface area (Å²) in [5.41, 5.74) is 5.90. The third-order valence-corrected chi connectivity index (χ3v) is 7.02. The van der Waals surface area contributed by atoms with Crippen molar-refractivity contribution in [1.29, 1.82) is 0 Å². The Morgan fingerprint density at radius 1 is 1.31 bits per heavy atom. The van der Waals surface area contributed by atoms with Crippen LogP contribution in [0, 0.1) is 11.3 Å². The SMILES string of the molecule is CSc1nc(N)c2ncn([C@H]3C[C@H](OP(=O)(O)O)[C@@]4(COP(=O)(O)O)C[C@H]34)c2n1. The van der Waals surface area contributed by atoms with E-state index in [9.17, 15) is 18.9 Å². The molecule has 2 saturated carbocycles. The Morgan fingerprint density at radius 2 is 2.03 bits per heavy atom. The number of nitrogens with zero attached hydrogens (tertiary/aromatic N) is 4. The maximum absolute atomic E-state index is 11.4. The number of rotatable bonds is 7. The summed E-state index contributed by atoms with van der Waals surface area (Å²) < 4.78 is 34.0. The van der Waals surface area contributed by atoms with Crippen molar-refractivity contribution >= 4 is 44.4 Å². The molecular formula is C13H19N5O8P2S. The topological polar surface area (TPSA) is 203 Å². The predicted octanol–water partition coefficient (Wildman–Crippen LogP) is 0.669. The predicted molar refractivity (Wildman–Crippen MR) is 101 cm³/mol.